The van der Waals surface area contributed by atoms with Crippen molar-refractivity contribution in [1.82, 2.24) is 4.90 Å². The zero-order valence-electron chi connectivity index (χ0n) is 13.6. The zero-order valence-corrected chi connectivity index (χ0v) is 14.6. The van der Waals surface area contributed by atoms with Crippen LogP contribution in [0.3, 0.4) is 0 Å². The Balaban J connectivity index is 2.70. The number of likely N-dealkylation sites (N-methyl/N-ethyl adjacent to an activating group) is 1. The molecular formula is C15H31NO3Si. The van der Waals surface area contributed by atoms with Crippen LogP contribution in [0.2, 0.25) is 6.04 Å². The largest absolute Gasteiger partial charge is 0.396 e. The van der Waals surface area contributed by atoms with Gasteiger partial charge in [-0.15, -0.1) is 6.58 Å². The molecule has 5 heteroatoms. The minimum absolute atomic E-state index is 0.191. The van der Waals surface area contributed by atoms with Crippen molar-refractivity contribution in [2.45, 2.75) is 43.4 Å². The number of nitrogens with zero attached hydrogens (tertiary/aromatic N) is 1. The van der Waals surface area contributed by atoms with E-state index in [1.54, 1.807) is 14.2 Å². The van der Waals surface area contributed by atoms with Crippen molar-refractivity contribution in [3.8, 4) is 0 Å². The maximum atomic E-state index is 5.99. The summed E-state index contributed by atoms with van der Waals surface area (Å²) in [6.07, 6.45) is 7.50. The summed E-state index contributed by atoms with van der Waals surface area (Å²) in [6.45, 7) is 5.76. The maximum Gasteiger partial charge on any atom is 0.370 e. The second kappa shape index (κ2) is 8.29. The van der Waals surface area contributed by atoms with Crippen LogP contribution in [0.25, 0.3) is 0 Å². The molecule has 0 aromatic rings. The van der Waals surface area contributed by atoms with Crippen molar-refractivity contribution in [3.63, 3.8) is 0 Å². The average molecular weight is 302 g/mol. The summed E-state index contributed by atoms with van der Waals surface area (Å²) in [4.78, 5) is 2.28. The van der Waals surface area contributed by atoms with Gasteiger partial charge in [0.25, 0.3) is 0 Å². The van der Waals surface area contributed by atoms with E-state index in [2.05, 4.69) is 18.5 Å². The molecule has 0 aromatic heterocycles. The number of hydrogen-bond donors (Lipinski definition) is 0. The molecule has 0 amide bonds. The summed E-state index contributed by atoms with van der Waals surface area (Å²) in [5, 5.41) is -0.191. The van der Waals surface area contributed by atoms with Crippen molar-refractivity contribution in [2.75, 3.05) is 41.5 Å². The van der Waals surface area contributed by atoms with E-state index >= 15 is 0 Å². The molecule has 1 fully saturated rings. The van der Waals surface area contributed by atoms with Crippen molar-refractivity contribution in [3.05, 3.63) is 12.7 Å². The van der Waals surface area contributed by atoms with E-state index in [-0.39, 0.29) is 5.22 Å². The second-order valence-corrected chi connectivity index (χ2v) is 9.45. The van der Waals surface area contributed by atoms with E-state index in [1.807, 2.05) is 13.2 Å². The molecule has 118 valence electrons. The van der Waals surface area contributed by atoms with Crippen LogP contribution in [-0.4, -0.2) is 60.2 Å². The van der Waals surface area contributed by atoms with Crippen LogP contribution in [0, 0.1) is 0 Å². The van der Waals surface area contributed by atoms with Crippen molar-refractivity contribution in [1.29, 1.82) is 0 Å². The fraction of sp³-hybridized carbons (Fsp3) is 0.867. The predicted molar refractivity (Wildman–Crippen MR) is 85.1 cm³/mol. The second-order valence-electron chi connectivity index (χ2n) is 5.72. The molecule has 0 saturated carbocycles. The number of ether oxygens (including phenoxy) is 1. The topological polar surface area (TPSA) is 30.9 Å². The van der Waals surface area contributed by atoms with E-state index in [9.17, 15) is 0 Å². The predicted octanol–water partition coefficient (Wildman–Crippen LogP) is 2.73. The van der Waals surface area contributed by atoms with Gasteiger partial charge in [0.15, 0.2) is 0 Å². The lowest BCUT2D eigenvalue weighted by molar-refractivity contribution is -0.0167. The Labute approximate surface area is 125 Å². The normalized spacial score (nSPS) is 25.9. The molecule has 1 saturated heterocycles. The lowest BCUT2D eigenvalue weighted by Crippen LogP contribution is -2.64. The highest BCUT2D eigenvalue weighted by molar-refractivity contribution is 6.70. The molecule has 0 radical (unpaired) electrons. The van der Waals surface area contributed by atoms with E-state index in [4.69, 9.17) is 13.6 Å². The highest BCUT2D eigenvalue weighted by atomic mass is 28.4. The fourth-order valence-corrected chi connectivity index (χ4v) is 7.38. The molecule has 0 N–H and O–H groups in total. The Kier molecular flexibility index (Phi) is 7.40. The average Bonchev–Trinajstić information content (AvgIpc) is 2.48. The summed E-state index contributed by atoms with van der Waals surface area (Å²) >= 11 is 0. The van der Waals surface area contributed by atoms with Crippen molar-refractivity contribution in [2.24, 2.45) is 0 Å². The molecule has 4 nitrogen and oxygen atoms in total. The van der Waals surface area contributed by atoms with Crippen molar-refractivity contribution >= 4 is 8.56 Å². The molecule has 1 aliphatic rings. The van der Waals surface area contributed by atoms with Crippen molar-refractivity contribution < 1.29 is 13.6 Å². The maximum absolute atomic E-state index is 5.99. The van der Waals surface area contributed by atoms with Crippen LogP contribution < -0.4 is 0 Å². The van der Waals surface area contributed by atoms with Gasteiger partial charge in [0.1, 0.15) is 5.22 Å². The SMILES string of the molecule is C=CCN(C)CCCC1(OC)CCCC[Si]1(OC)OC. The Bertz CT molecular complexity index is 297. The number of methoxy groups -OCH3 is 1. The smallest absolute Gasteiger partial charge is 0.370 e. The molecule has 0 bridgehead atoms. The van der Waals surface area contributed by atoms with E-state index in [0.717, 1.165) is 38.4 Å². The van der Waals surface area contributed by atoms with Gasteiger partial charge < -0.3 is 18.5 Å². The molecule has 1 rings (SSSR count). The molecule has 20 heavy (non-hydrogen) atoms. The van der Waals surface area contributed by atoms with Gasteiger partial charge in [-0.25, -0.2) is 0 Å². The lowest BCUT2D eigenvalue weighted by Gasteiger charge is -2.48. The van der Waals surface area contributed by atoms with Gasteiger partial charge in [0.05, 0.1) is 0 Å². The van der Waals surface area contributed by atoms with Gasteiger partial charge in [0.2, 0.25) is 0 Å². The molecule has 0 aromatic carbocycles. The summed E-state index contributed by atoms with van der Waals surface area (Å²) in [5.41, 5.74) is 0. The molecule has 1 aliphatic heterocycles. The highest BCUT2D eigenvalue weighted by Gasteiger charge is 2.58. The van der Waals surface area contributed by atoms with E-state index < -0.39 is 8.56 Å². The Morgan fingerprint density at radius 2 is 1.95 bits per heavy atom. The van der Waals surface area contributed by atoms with E-state index in [0.29, 0.717) is 0 Å². The molecule has 1 heterocycles. The summed E-state index contributed by atoms with van der Waals surface area (Å²) in [6, 6.07) is 1.04. The molecule has 0 spiro atoms. The van der Waals surface area contributed by atoms with Crippen LogP contribution in [0.4, 0.5) is 0 Å². The van der Waals surface area contributed by atoms with Crippen LogP contribution in [0.1, 0.15) is 32.1 Å². The standard InChI is InChI=1S/C15H31NO3Si/c1-6-12-16(2)13-9-11-15(17-3)10-7-8-14-20(15,18-4)19-5/h6H,1,7-14H2,2-5H3. The van der Waals surface area contributed by atoms with Crippen LogP contribution in [-0.2, 0) is 13.6 Å². The van der Waals surface area contributed by atoms with Crippen LogP contribution in [0.15, 0.2) is 12.7 Å². The van der Waals surface area contributed by atoms with E-state index in [1.165, 1.54) is 12.8 Å². The van der Waals surface area contributed by atoms with Gasteiger partial charge in [-0.3, -0.25) is 0 Å². The first-order valence-corrected chi connectivity index (χ1v) is 9.57. The summed E-state index contributed by atoms with van der Waals surface area (Å²) < 4.78 is 17.8. The van der Waals surface area contributed by atoms with Gasteiger partial charge in [-0.05, 0) is 38.9 Å². The zero-order chi connectivity index (χ0) is 15.1. The first-order valence-electron chi connectivity index (χ1n) is 7.54. The number of rotatable bonds is 9. The van der Waals surface area contributed by atoms with Crippen LogP contribution >= 0.6 is 0 Å². The fourth-order valence-electron chi connectivity index (χ4n) is 3.47. The van der Waals surface area contributed by atoms with Gasteiger partial charge in [0, 0.05) is 27.9 Å². The third-order valence-electron chi connectivity index (χ3n) is 4.64. The molecule has 1 atom stereocenters. The monoisotopic (exact) mass is 301 g/mol. The first-order chi connectivity index (χ1) is 9.59. The van der Waals surface area contributed by atoms with Gasteiger partial charge in [-0.1, -0.05) is 18.9 Å². The first kappa shape index (κ1) is 17.8. The molecule has 1 unspecified atom stereocenters. The molecular weight excluding hydrogens is 270 g/mol. The molecule has 0 aliphatic carbocycles. The Morgan fingerprint density at radius 3 is 2.50 bits per heavy atom. The lowest BCUT2D eigenvalue weighted by atomic mass is 10.1. The number of hydrogen-bond acceptors (Lipinski definition) is 4. The minimum Gasteiger partial charge on any atom is -0.396 e. The minimum atomic E-state index is -2.26. The summed E-state index contributed by atoms with van der Waals surface area (Å²) in [5.74, 6) is 0. The quantitative estimate of drug-likeness (QED) is 0.484. The third kappa shape index (κ3) is 3.71. The van der Waals surface area contributed by atoms with Crippen LogP contribution in [0.5, 0.6) is 0 Å². The summed E-state index contributed by atoms with van der Waals surface area (Å²) in [7, 11) is 5.26. The van der Waals surface area contributed by atoms with Gasteiger partial charge in [-0.2, -0.15) is 0 Å². The third-order valence-corrected chi connectivity index (χ3v) is 9.07. The highest BCUT2D eigenvalue weighted by Crippen LogP contribution is 2.42. The Hall–Kier alpha value is -0.203. The van der Waals surface area contributed by atoms with Gasteiger partial charge >= 0.3 is 8.56 Å². The Morgan fingerprint density at radius 1 is 1.25 bits per heavy atom.